The van der Waals surface area contributed by atoms with Gasteiger partial charge in [0.05, 0.1) is 23.2 Å². The summed E-state index contributed by atoms with van der Waals surface area (Å²) >= 11 is 0. The van der Waals surface area contributed by atoms with Crippen molar-refractivity contribution in [1.82, 2.24) is 9.78 Å². The number of carbonyl (C=O) groups is 1. The molecule has 0 saturated heterocycles. The van der Waals surface area contributed by atoms with Crippen molar-refractivity contribution in [3.63, 3.8) is 0 Å². The number of nitrogens with zero attached hydrogens (tertiary/aromatic N) is 2. The molecule has 4 rings (SSSR count). The highest BCUT2D eigenvalue weighted by molar-refractivity contribution is 6.06. The van der Waals surface area contributed by atoms with E-state index >= 15 is 0 Å². The Morgan fingerprint density at radius 1 is 1.00 bits per heavy atom. The van der Waals surface area contributed by atoms with Gasteiger partial charge in [0.1, 0.15) is 5.82 Å². The molecular formula is C27H30N4O2. The number of urea groups is 1. The molecule has 1 aromatic heterocycles. The molecule has 3 aromatic carbocycles. The maximum absolute atomic E-state index is 13.0. The number of rotatable bonds is 5. The number of aliphatic hydroxyl groups excluding tert-OH is 1. The third kappa shape index (κ3) is 5.23. The van der Waals surface area contributed by atoms with Crippen LogP contribution >= 0.6 is 0 Å². The Morgan fingerprint density at radius 2 is 1.73 bits per heavy atom. The number of aliphatic hydroxyl groups is 1. The smallest absolute Gasteiger partial charge is 0.324 e. The van der Waals surface area contributed by atoms with Crippen LogP contribution in [0.15, 0.2) is 72.8 Å². The summed E-state index contributed by atoms with van der Waals surface area (Å²) in [5.74, 6) is 0.576. The summed E-state index contributed by atoms with van der Waals surface area (Å²) in [5.41, 5.74) is 3.24. The zero-order valence-corrected chi connectivity index (χ0v) is 19.5. The van der Waals surface area contributed by atoms with Gasteiger partial charge in [0.25, 0.3) is 0 Å². The van der Waals surface area contributed by atoms with Gasteiger partial charge in [-0.25, -0.2) is 9.48 Å². The van der Waals surface area contributed by atoms with Crippen molar-refractivity contribution in [2.75, 3.05) is 10.6 Å². The molecule has 2 amide bonds. The van der Waals surface area contributed by atoms with Crippen molar-refractivity contribution in [3.05, 3.63) is 84.1 Å². The summed E-state index contributed by atoms with van der Waals surface area (Å²) in [6.45, 7) is 8.03. The zero-order chi connectivity index (χ0) is 23.6. The third-order valence-corrected chi connectivity index (χ3v) is 5.44. The fourth-order valence-electron chi connectivity index (χ4n) is 3.79. The average molecular weight is 443 g/mol. The third-order valence-electron chi connectivity index (χ3n) is 5.44. The minimum Gasteiger partial charge on any atom is -0.393 e. The second-order valence-corrected chi connectivity index (χ2v) is 9.41. The highest BCUT2D eigenvalue weighted by Gasteiger charge is 2.22. The van der Waals surface area contributed by atoms with Crippen molar-refractivity contribution in [1.29, 1.82) is 0 Å². The van der Waals surface area contributed by atoms with Crippen LogP contribution in [-0.2, 0) is 11.8 Å². The van der Waals surface area contributed by atoms with E-state index in [0.29, 0.717) is 12.2 Å². The molecule has 0 aliphatic rings. The second-order valence-electron chi connectivity index (χ2n) is 9.41. The SMILES string of the molecule is CC(O)Cc1cccc(-n2nc(C(C)(C)C)cc2NC(=O)Nc2cccc3ccccc23)c1. The van der Waals surface area contributed by atoms with Crippen LogP contribution in [-0.4, -0.2) is 27.0 Å². The van der Waals surface area contributed by atoms with Crippen molar-refractivity contribution >= 4 is 28.3 Å². The van der Waals surface area contributed by atoms with Crippen LogP contribution in [0.5, 0.6) is 0 Å². The quantitative estimate of drug-likeness (QED) is 0.360. The number of anilines is 2. The van der Waals surface area contributed by atoms with Crippen molar-refractivity contribution in [3.8, 4) is 5.69 Å². The number of amides is 2. The van der Waals surface area contributed by atoms with Gasteiger partial charge in [-0.05, 0) is 42.5 Å². The van der Waals surface area contributed by atoms with E-state index in [2.05, 4.69) is 31.4 Å². The predicted molar refractivity (Wildman–Crippen MR) is 134 cm³/mol. The van der Waals surface area contributed by atoms with Crippen LogP contribution in [0.25, 0.3) is 16.5 Å². The standard InChI is InChI=1S/C27H30N4O2/c1-18(32)15-19-9-7-12-21(16-19)31-25(17-24(30-31)27(2,3)4)29-26(33)28-23-14-8-11-20-10-5-6-13-22(20)23/h5-14,16-18,32H,15H2,1-4H3,(H2,28,29,33). The van der Waals surface area contributed by atoms with Crippen LogP contribution < -0.4 is 10.6 Å². The molecule has 0 aliphatic heterocycles. The number of fused-ring (bicyclic) bond motifs is 1. The molecule has 33 heavy (non-hydrogen) atoms. The molecular weight excluding hydrogens is 412 g/mol. The summed E-state index contributed by atoms with van der Waals surface area (Å²) in [6.07, 6.45) is 0.109. The monoisotopic (exact) mass is 442 g/mol. The Morgan fingerprint density at radius 3 is 2.48 bits per heavy atom. The van der Waals surface area contributed by atoms with Crippen molar-refractivity contribution < 1.29 is 9.90 Å². The van der Waals surface area contributed by atoms with Gasteiger partial charge in [-0.3, -0.25) is 5.32 Å². The van der Waals surface area contributed by atoms with Crippen LogP contribution in [0.3, 0.4) is 0 Å². The van der Waals surface area contributed by atoms with Crippen molar-refractivity contribution in [2.45, 2.75) is 45.6 Å². The Balaban J connectivity index is 1.65. The Bertz CT molecular complexity index is 1280. The van der Waals surface area contributed by atoms with Gasteiger partial charge in [-0.1, -0.05) is 69.3 Å². The fraction of sp³-hybridized carbons (Fsp3) is 0.259. The minimum atomic E-state index is -0.438. The molecule has 0 aliphatic carbocycles. The van der Waals surface area contributed by atoms with E-state index in [4.69, 9.17) is 5.10 Å². The summed E-state index contributed by atoms with van der Waals surface area (Å²) in [7, 11) is 0. The first-order valence-electron chi connectivity index (χ1n) is 11.1. The molecule has 1 atom stereocenters. The first-order valence-corrected chi connectivity index (χ1v) is 11.1. The number of nitrogens with one attached hydrogen (secondary N) is 2. The average Bonchev–Trinajstić information content (AvgIpc) is 3.18. The number of carbonyl (C=O) groups excluding carboxylic acids is 1. The Hall–Kier alpha value is -3.64. The van der Waals surface area contributed by atoms with Gasteiger partial charge in [0.15, 0.2) is 0 Å². The molecule has 0 saturated carbocycles. The van der Waals surface area contributed by atoms with Gasteiger partial charge in [0.2, 0.25) is 0 Å². The predicted octanol–water partition coefficient (Wildman–Crippen LogP) is 5.89. The zero-order valence-electron chi connectivity index (χ0n) is 19.5. The minimum absolute atomic E-state index is 0.189. The number of benzene rings is 3. The van der Waals surface area contributed by atoms with Gasteiger partial charge in [-0.15, -0.1) is 0 Å². The lowest BCUT2D eigenvalue weighted by molar-refractivity contribution is 0.195. The molecule has 1 heterocycles. The second kappa shape index (κ2) is 9.08. The Kier molecular flexibility index (Phi) is 6.20. The van der Waals surface area contributed by atoms with Crippen LogP contribution in [0, 0.1) is 0 Å². The van der Waals surface area contributed by atoms with Gasteiger partial charge in [-0.2, -0.15) is 5.10 Å². The highest BCUT2D eigenvalue weighted by atomic mass is 16.3. The summed E-state index contributed by atoms with van der Waals surface area (Å²) in [6, 6.07) is 23.2. The molecule has 0 radical (unpaired) electrons. The first-order chi connectivity index (χ1) is 15.7. The van der Waals surface area contributed by atoms with Gasteiger partial charge >= 0.3 is 6.03 Å². The van der Waals surface area contributed by atoms with Crippen LogP contribution in [0.1, 0.15) is 39.0 Å². The van der Waals surface area contributed by atoms with Gasteiger partial charge < -0.3 is 10.4 Å². The van der Waals surface area contributed by atoms with Crippen molar-refractivity contribution in [2.24, 2.45) is 0 Å². The normalized spacial score (nSPS) is 12.5. The van der Waals surface area contributed by atoms with E-state index < -0.39 is 6.10 Å². The molecule has 0 spiro atoms. The van der Waals surface area contributed by atoms with E-state index in [-0.39, 0.29) is 11.4 Å². The van der Waals surface area contributed by atoms with E-state index in [9.17, 15) is 9.90 Å². The summed E-state index contributed by atoms with van der Waals surface area (Å²) < 4.78 is 1.74. The highest BCUT2D eigenvalue weighted by Crippen LogP contribution is 2.28. The van der Waals surface area contributed by atoms with Crippen LogP contribution in [0.2, 0.25) is 0 Å². The number of hydrogen-bond acceptors (Lipinski definition) is 3. The molecule has 4 aromatic rings. The first kappa shape index (κ1) is 22.6. The molecule has 6 heteroatoms. The number of hydrogen-bond donors (Lipinski definition) is 3. The number of aromatic nitrogens is 2. The molecule has 3 N–H and O–H groups in total. The molecule has 170 valence electrons. The Labute approximate surface area is 194 Å². The van der Waals surface area contributed by atoms with Gasteiger partial charge in [0, 0.05) is 16.9 Å². The van der Waals surface area contributed by atoms with E-state index in [1.165, 1.54) is 0 Å². The summed E-state index contributed by atoms with van der Waals surface area (Å²) in [4.78, 5) is 13.0. The molecule has 6 nitrogen and oxygen atoms in total. The maximum Gasteiger partial charge on any atom is 0.324 e. The summed E-state index contributed by atoms with van der Waals surface area (Å²) in [5, 5.41) is 22.6. The largest absolute Gasteiger partial charge is 0.393 e. The topological polar surface area (TPSA) is 79.2 Å². The van der Waals surface area contributed by atoms with Crippen LogP contribution in [0.4, 0.5) is 16.3 Å². The maximum atomic E-state index is 13.0. The lowest BCUT2D eigenvalue weighted by Crippen LogP contribution is -2.21. The lowest BCUT2D eigenvalue weighted by Gasteiger charge is -2.14. The lowest BCUT2D eigenvalue weighted by atomic mass is 9.92. The molecule has 1 unspecified atom stereocenters. The fourth-order valence-corrected chi connectivity index (χ4v) is 3.79. The van der Waals surface area contributed by atoms with E-state index in [1.807, 2.05) is 72.8 Å². The molecule has 0 fully saturated rings. The molecule has 0 bridgehead atoms. The van der Waals surface area contributed by atoms with E-state index in [0.717, 1.165) is 33.4 Å². The van der Waals surface area contributed by atoms with E-state index in [1.54, 1.807) is 11.6 Å².